The molecule has 2 aromatic heterocycles. The number of para-hydroxylation sites is 2. The summed E-state index contributed by atoms with van der Waals surface area (Å²) in [6.07, 6.45) is 5.26. The fourth-order valence-corrected chi connectivity index (χ4v) is 3.88. The molecule has 0 radical (unpaired) electrons. The number of piperidine rings is 1. The number of esters is 1. The standard InChI is InChI=1S/C22H28N6O2/c1-3-30-21(29)17-13-24-22(25-14-17)28-10-8-16(9-11-28)12-23-15-20-26-18-6-4-5-7-19(18)27(20)2/h4-7,13-14,16,23H,3,8-12,15H2,1-2H3. The number of benzene rings is 1. The Hall–Kier alpha value is -3.00. The van der Waals surface area contributed by atoms with Crippen LogP contribution in [0.15, 0.2) is 36.7 Å². The zero-order valence-electron chi connectivity index (χ0n) is 17.5. The van der Waals surface area contributed by atoms with Gasteiger partial charge in [-0.2, -0.15) is 0 Å². The molecule has 8 nitrogen and oxygen atoms in total. The van der Waals surface area contributed by atoms with Crippen LogP contribution in [0.2, 0.25) is 0 Å². The minimum absolute atomic E-state index is 0.346. The SMILES string of the molecule is CCOC(=O)c1cnc(N2CCC(CNCc3nc4ccccc4n3C)CC2)nc1. The number of anilines is 1. The maximum absolute atomic E-state index is 11.7. The molecule has 0 aliphatic carbocycles. The van der Waals surface area contributed by atoms with Crippen LogP contribution in [-0.4, -0.2) is 51.7 Å². The predicted molar refractivity (Wildman–Crippen MR) is 115 cm³/mol. The van der Waals surface area contributed by atoms with Crippen molar-refractivity contribution < 1.29 is 9.53 Å². The Morgan fingerprint density at radius 3 is 2.63 bits per heavy atom. The van der Waals surface area contributed by atoms with Crippen molar-refractivity contribution in [2.24, 2.45) is 13.0 Å². The molecule has 0 amide bonds. The molecule has 1 fully saturated rings. The Kier molecular flexibility index (Phi) is 6.23. The van der Waals surface area contributed by atoms with Crippen molar-refractivity contribution in [3.05, 3.63) is 48.0 Å². The van der Waals surface area contributed by atoms with E-state index in [0.717, 1.165) is 55.9 Å². The number of aryl methyl sites for hydroxylation is 1. The molecule has 0 unspecified atom stereocenters. The van der Waals surface area contributed by atoms with E-state index in [9.17, 15) is 4.79 Å². The lowest BCUT2D eigenvalue weighted by Gasteiger charge is -2.32. The predicted octanol–water partition coefficient (Wildman–Crippen LogP) is 2.55. The van der Waals surface area contributed by atoms with Gasteiger partial charge in [0.25, 0.3) is 0 Å². The second kappa shape index (κ2) is 9.21. The first-order chi connectivity index (χ1) is 14.7. The number of rotatable bonds is 7. The van der Waals surface area contributed by atoms with Gasteiger partial charge in [0.05, 0.1) is 29.7 Å². The lowest BCUT2D eigenvalue weighted by molar-refractivity contribution is 0.0525. The van der Waals surface area contributed by atoms with Gasteiger partial charge in [-0.15, -0.1) is 0 Å². The van der Waals surface area contributed by atoms with E-state index in [0.29, 0.717) is 24.0 Å². The molecule has 30 heavy (non-hydrogen) atoms. The molecule has 0 saturated carbocycles. The molecule has 1 N–H and O–H groups in total. The quantitative estimate of drug-likeness (QED) is 0.601. The summed E-state index contributed by atoms with van der Waals surface area (Å²) in [6.45, 7) is 5.70. The average Bonchev–Trinajstić information content (AvgIpc) is 3.10. The number of imidazole rings is 1. The van der Waals surface area contributed by atoms with Gasteiger partial charge in [0.2, 0.25) is 5.95 Å². The summed E-state index contributed by atoms with van der Waals surface area (Å²) in [7, 11) is 2.07. The van der Waals surface area contributed by atoms with E-state index >= 15 is 0 Å². The summed E-state index contributed by atoms with van der Waals surface area (Å²) in [6, 6.07) is 8.22. The van der Waals surface area contributed by atoms with Gasteiger partial charge in [0, 0.05) is 32.5 Å². The van der Waals surface area contributed by atoms with Gasteiger partial charge in [0.1, 0.15) is 5.82 Å². The summed E-state index contributed by atoms with van der Waals surface area (Å²) in [5.74, 6) is 1.97. The van der Waals surface area contributed by atoms with E-state index in [2.05, 4.69) is 43.9 Å². The van der Waals surface area contributed by atoms with Crippen LogP contribution in [0.3, 0.4) is 0 Å². The Balaban J connectivity index is 1.24. The smallest absolute Gasteiger partial charge is 0.341 e. The zero-order valence-corrected chi connectivity index (χ0v) is 17.5. The fourth-order valence-electron chi connectivity index (χ4n) is 3.88. The molecular weight excluding hydrogens is 380 g/mol. The van der Waals surface area contributed by atoms with Gasteiger partial charge >= 0.3 is 5.97 Å². The van der Waals surface area contributed by atoms with Crippen LogP contribution in [0.1, 0.15) is 35.9 Å². The van der Waals surface area contributed by atoms with Crippen LogP contribution in [0.5, 0.6) is 0 Å². The van der Waals surface area contributed by atoms with Crippen molar-refractivity contribution in [1.82, 2.24) is 24.8 Å². The molecule has 1 aliphatic rings. The second-order valence-corrected chi connectivity index (χ2v) is 7.63. The van der Waals surface area contributed by atoms with Gasteiger partial charge in [-0.25, -0.2) is 19.7 Å². The van der Waals surface area contributed by atoms with Crippen molar-refractivity contribution in [1.29, 1.82) is 0 Å². The highest BCUT2D eigenvalue weighted by Gasteiger charge is 2.21. The van der Waals surface area contributed by atoms with E-state index in [1.165, 1.54) is 0 Å². The first kappa shape index (κ1) is 20.3. The van der Waals surface area contributed by atoms with Crippen LogP contribution in [0.25, 0.3) is 11.0 Å². The molecule has 0 atom stereocenters. The number of fused-ring (bicyclic) bond motifs is 1. The van der Waals surface area contributed by atoms with Gasteiger partial charge < -0.3 is 19.5 Å². The maximum Gasteiger partial charge on any atom is 0.341 e. The van der Waals surface area contributed by atoms with Gasteiger partial charge in [-0.1, -0.05) is 12.1 Å². The molecule has 4 rings (SSSR count). The third-order valence-corrected chi connectivity index (χ3v) is 5.64. The Bertz CT molecular complexity index is 993. The van der Waals surface area contributed by atoms with E-state index in [-0.39, 0.29) is 5.97 Å². The average molecular weight is 409 g/mol. The summed E-state index contributed by atoms with van der Waals surface area (Å²) >= 11 is 0. The molecular formula is C22H28N6O2. The van der Waals surface area contributed by atoms with Crippen molar-refractivity contribution in [2.45, 2.75) is 26.3 Å². The second-order valence-electron chi connectivity index (χ2n) is 7.63. The van der Waals surface area contributed by atoms with Crippen LogP contribution in [0, 0.1) is 5.92 Å². The molecule has 1 aromatic carbocycles. The maximum atomic E-state index is 11.7. The van der Waals surface area contributed by atoms with Crippen LogP contribution in [0.4, 0.5) is 5.95 Å². The summed E-state index contributed by atoms with van der Waals surface area (Å²) in [5, 5.41) is 3.58. The normalized spacial score (nSPS) is 14.9. The lowest BCUT2D eigenvalue weighted by atomic mass is 9.97. The highest BCUT2D eigenvalue weighted by atomic mass is 16.5. The van der Waals surface area contributed by atoms with Crippen LogP contribution >= 0.6 is 0 Å². The van der Waals surface area contributed by atoms with E-state index in [1.54, 1.807) is 19.3 Å². The van der Waals surface area contributed by atoms with E-state index in [4.69, 9.17) is 9.72 Å². The van der Waals surface area contributed by atoms with E-state index < -0.39 is 0 Å². The number of carbonyl (C=O) groups is 1. The van der Waals surface area contributed by atoms with Crippen LogP contribution < -0.4 is 10.2 Å². The summed E-state index contributed by atoms with van der Waals surface area (Å²) in [4.78, 5) is 27.3. The number of nitrogens with zero attached hydrogens (tertiary/aromatic N) is 5. The third-order valence-electron chi connectivity index (χ3n) is 5.64. The summed E-state index contributed by atoms with van der Waals surface area (Å²) < 4.78 is 7.13. The monoisotopic (exact) mass is 408 g/mol. The number of aromatic nitrogens is 4. The van der Waals surface area contributed by atoms with Crippen LogP contribution in [-0.2, 0) is 18.3 Å². The van der Waals surface area contributed by atoms with Crippen molar-refractivity contribution in [3.63, 3.8) is 0 Å². The number of nitrogens with one attached hydrogen (secondary N) is 1. The molecule has 3 aromatic rings. The third kappa shape index (κ3) is 4.43. The van der Waals surface area contributed by atoms with Gasteiger partial charge in [0.15, 0.2) is 0 Å². The molecule has 1 aliphatic heterocycles. The number of carbonyl (C=O) groups excluding carboxylic acids is 1. The van der Waals surface area contributed by atoms with Gasteiger partial charge in [-0.3, -0.25) is 0 Å². The lowest BCUT2D eigenvalue weighted by Crippen LogP contribution is -2.38. The van der Waals surface area contributed by atoms with Crippen molar-refractivity contribution in [2.75, 3.05) is 31.1 Å². The first-order valence-corrected chi connectivity index (χ1v) is 10.5. The molecule has 0 spiro atoms. The molecule has 8 heteroatoms. The highest BCUT2D eigenvalue weighted by Crippen LogP contribution is 2.20. The molecule has 1 saturated heterocycles. The molecule has 0 bridgehead atoms. The Labute approximate surface area is 176 Å². The zero-order chi connectivity index (χ0) is 20.9. The highest BCUT2D eigenvalue weighted by molar-refractivity contribution is 5.88. The van der Waals surface area contributed by atoms with Crippen molar-refractivity contribution >= 4 is 23.0 Å². The number of hydrogen-bond acceptors (Lipinski definition) is 7. The molecule has 158 valence electrons. The Morgan fingerprint density at radius 1 is 1.20 bits per heavy atom. The van der Waals surface area contributed by atoms with Crippen molar-refractivity contribution in [3.8, 4) is 0 Å². The Morgan fingerprint density at radius 2 is 1.93 bits per heavy atom. The molecule has 3 heterocycles. The fraction of sp³-hybridized carbons (Fsp3) is 0.455. The summed E-state index contributed by atoms with van der Waals surface area (Å²) in [5.41, 5.74) is 2.59. The topological polar surface area (TPSA) is 85.2 Å². The minimum atomic E-state index is -0.380. The minimum Gasteiger partial charge on any atom is -0.462 e. The van der Waals surface area contributed by atoms with Gasteiger partial charge in [-0.05, 0) is 44.4 Å². The largest absolute Gasteiger partial charge is 0.462 e. The first-order valence-electron chi connectivity index (χ1n) is 10.5. The van der Waals surface area contributed by atoms with E-state index in [1.807, 2.05) is 12.1 Å². The number of ether oxygens (including phenoxy) is 1. The number of hydrogen-bond donors (Lipinski definition) is 1.